The van der Waals surface area contributed by atoms with Crippen LogP contribution in [0.5, 0.6) is 5.75 Å². The summed E-state index contributed by atoms with van der Waals surface area (Å²) in [5.41, 5.74) is 1.17. The van der Waals surface area contributed by atoms with Gasteiger partial charge in [-0.3, -0.25) is 0 Å². The molecule has 1 aromatic carbocycles. The minimum Gasteiger partial charge on any atom is -0.493 e. The minimum absolute atomic E-state index is 0.747. The van der Waals surface area contributed by atoms with E-state index in [1.165, 1.54) is 5.56 Å². The fraction of sp³-hybridized carbons (Fsp3) is 0.500. The van der Waals surface area contributed by atoms with Crippen molar-refractivity contribution in [3.05, 3.63) is 28.2 Å². The Morgan fingerprint density at radius 1 is 1.27 bits per heavy atom. The molecule has 0 atom stereocenters. The lowest BCUT2D eigenvalue weighted by atomic mass is 10.2. The predicted octanol–water partition coefficient (Wildman–Crippen LogP) is 4.55. The van der Waals surface area contributed by atoms with Crippen LogP contribution in [0, 0.1) is 6.92 Å². The first-order valence-corrected chi connectivity index (χ1v) is 6.51. The highest BCUT2D eigenvalue weighted by Crippen LogP contribution is 2.22. The first kappa shape index (κ1) is 12.9. The molecule has 0 aliphatic carbocycles. The van der Waals surface area contributed by atoms with Gasteiger partial charge in [0.05, 0.1) is 6.61 Å². The monoisotopic (exact) mass is 290 g/mol. The molecule has 1 nitrogen and oxygen atoms in total. The van der Waals surface area contributed by atoms with Crippen LogP contribution in [0.2, 0.25) is 0 Å². The fourth-order valence-corrected chi connectivity index (χ4v) is 1.99. The van der Waals surface area contributed by atoms with E-state index in [4.69, 9.17) is 16.3 Å². The summed E-state index contributed by atoms with van der Waals surface area (Å²) >= 11 is 9.02. The molecular formula is C12H16BrClO. The quantitative estimate of drug-likeness (QED) is 0.552. The van der Waals surface area contributed by atoms with Gasteiger partial charge in [-0.15, -0.1) is 11.6 Å². The highest BCUT2D eigenvalue weighted by atomic mass is 79.9. The molecule has 0 saturated heterocycles. The second kappa shape index (κ2) is 7.13. The number of rotatable bonds is 6. The molecule has 0 aliphatic heterocycles. The van der Waals surface area contributed by atoms with Crippen molar-refractivity contribution in [3.63, 3.8) is 0 Å². The summed E-state index contributed by atoms with van der Waals surface area (Å²) in [4.78, 5) is 0. The van der Waals surface area contributed by atoms with Gasteiger partial charge < -0.3 is 4.74 Å². The van der Waals surface area contributed by atoms with Gasteiger partial charge in [0, 0.05) is 10.4 Å². The van der Waals surface area contributed by atoms with Crippen LogP contribution in [0.25, 0.3) is 0 Å². The zero-order valence-electron chi connectivity index (χ0n) is 8.93. The molecule has 0 saturated carbocycles. The summed E-state index contributed by atoms with van der Waals surface area (Å²) < 4.78 is 6.77. The van der Waals surface area contributed by atoms with Crippen LogP contribution in [0.3, 0.4) is 0 Å². The molecule has 1 aromatic rings. The Morgan fingerprint density at radius 2 is 2.07 bits per heavy atom. The van der Waals surface area contributed by atoms with Gasteiger partial charge >= 0.3 is 0 Å². The molecule has 1 rings (SSSR count). The maximum Gasteiger partial charge on any atom is 0.122 e. The molecule has 0 heterocycles. The van der Waals surface area contributed by atoms with Crippen molar-refractivity contribution in [3.8, 4) is 5.75 Å². The predicted molar refractivity (Wildman–Crippen MR) is 68.9 cm³/mol. The van der Waals surface area contributed by atoms with Crippen molar-refractivity contribution in [2.24, 2.45) is 0 Å². The van der Waals surface area contributed by atoms with Gasteiger partial charge in [-0.25, -0.2) is 0 Å². The van der Waals surface area contributed by atoms with Crippen LogP contribution in [0.1, 0.15) is 24.8 Å². The van der Waals surface area contributed by atoms with Gasteiger partial charge in [0.2, 0.25) is 0 Å². The molecule has 0 radical (unpaired) electrons. The van der Waals surface area contributed by atoms with E-state index >= 15 is 0 Å². The molecule has 0 unspecified atom stereocenters. The first-order valence-electron chi connectivity index (χ1n) is 5.19. The third-order valence-corrected chi connectivity index (χ3v) is 2.93. The number of aryl methyl sites for hydroxylation is 1. The molecule has 0 N–H and O–H groups in total. The van der Waals surface area contributed by atoms with Crippen molar-refractivity contribution in [2.45, 2.75) is 26.2 Å². The number of alkyl halides is 1. The number of benzene rings is 1. The van der Waals surface area contributed by atoms with Gasteiger partial charge in [-0.2, -0.15) is 0 Å². The smallest absolute Gasteiger partial charge is 0.122 e. The van der Waals surface area contributed by atoms with E-state index in [-0.39, 0.29) is 0 Å². The van der Waals surface area contributed by atoms with Crippen molar-refractivity contribution in [2.75, 3.05) is 12.5 Å². The van der Waals surface area contributed by atoms with Crippen LogP contribution < -0.4 is 4.74 Å². The van der Waals surface area contributed by atoms with E-state index in [0.717, 1.165) is 42.0 Å². The highest BCUT2D eigenvalue weighted by molar-refractivity contribution is 9.10. The summed E-state index contributed by atoms with van der Waals surface area (Å²) in [5, 5.41) is 0. The average molecular weight is 292 g/mol. The molecule has 84 valence electrons. The zero-order chi connectivity index (χ0) is 11.1. The third kappa shape index (κ3) is 4.89. The van der Waals surface area contributed by atoms with Gasteiger partial charge in [0.25, 0.3) is 0 Å². The molecule has 3 heteroatoms. The van der Waals surface area contributed by atoms with E-state index in [1.54, 1.807) is 0 Å². The molecule has 15 heavy (non-hydrogen) atoms. The summed E-state index contributed by atoms with van der Waals surface area (Å²) in [6, 6.07) is 6.07. The number of ether oxygens (including phenoxy) is 1. The Balaban J connectivity index is 2.31. The van der Waals surface area contributed by atoms with E-state index in [9.17, 15) is 0 Å². The normalized spacial score (nSPS) is 10.3. The standard InChI is InChI=1S/C12H16BrClO/c1-10-9-11(13)5-6-12(10)15-8-4-2-3-7-14/h5-6,9H,2-4,7-8H2,1H3. The lowest BCUT2D eigenvalue weighted by Gasteiger charge is -2.08. The number of hydrogen-bond donors (Lipinski definition) is 0. The number of halogens is 2. The topological polar surface area (TPSA) is 9.23 Å². The van der Waals surface area contributed by atoms with Crippen LogP contribution >= 0.6 is 27.5 Å². The zero-order valence-corrected chi connectivity index (χ0v) is 11.3. The second-order valence-corrected chi connectivity index (χ2v) is 4.80. The second-order valence-electron chi connectivity index (χ2n) is 3.51. The van der Waals surface area contributed by atoms with Crippen LogP contribution in [-0.4, -0.2) is 12.5 Å². The third-order valence-electron chi connectivity index (χ3n) is 2.17. The Labute approximate surface area is 105 Å². The van der Waals surface area contributed by atoms with Crippen LogP contribution in [0.15, 0.2) is 22.7 Å². The first-order chi connectivity index (χ1) is 7.24. The molecule has 0 bridgehead atoms. The summed E-state index contributed by atoms with van der Waals surface area (Å²) in [6.07, 6.45) is 3.28. The molecule has 0 aromatic heterocycles. The van der Waals surface area contributed by atoms with E-state index in [0.29, 0.717) is 0 Å². The molecule has 0 amide bonds. The molecule has 0 spiro atoms. The van der Waals surface area contributed by atoms with Crippen LogP contribution in [0.4, 0.5) is 0 Å². The van der Waals surface area contributed by atoms with Gasteiger partial charge in [0.1, 0.15) is 5.75 Å². The van der Waals surface area contributed by atoms with Crippen molar-refractivity contribution in [1.82, 2.24) is 0 Å². The molecular weight excluding hydrogens is 275 g/mol. The van der Waals surface area contributed by atoms with E-state index < -0.39 is 0 Å². The Bertz CT molecular complexity index is 302. The Hall–Kier alpha value is -0.210. The maximum absolute atomic E-state index is 5.67. The summed E-state index contributed by atoms with van der Waals surface area (Å²) in [5.74, 6) is 1.72. The minimum atomic E-state index is 0.747. The Kier molecular flexibility index (Phi) is 6.11. The van der Waals surface area contributed by atoms with E-state index in [1.807, 2.05) is 12.1 Å². The largest absolute Gasteiger partial charge is 0.493 e. The number of unbranched alkanes of at least 4 members (excludes halogenated alkanes) is 2. The van der Waals surface area contributed by atoms with Crippen molar-refractivity contribution >= 4 is 27.5 Å². The maximum atomic E-state index is 5.67. The fourth-order valence-electron chi connectivity index (χ4n) is 1.33. The lowest BCUT2D eigenvalue weighted by Crippen LogP contribution is -1.98. The highest BCUT2D eigenvalue weighted by Gasteiger charge is 1.99. The number of hydrogen-bond acceptors (Lipinski definition) is 1. The van der Waals surface area contributed by atoms with Crippen LogP contribution in [-0.2, 0) is 0 Å². The van der Waals surface area contributed by atoms with Crippen molar-refractivity contribution < 1.29 is 4.74 Å². The average Bonchev–Trinajstić information content (AvgIpc) is 2.20. The van der Waals surface area contributed by atoms with Gasteiger partial charge in [0.15, 0.2) is 0 Å². The van der Waals surface area contributed by atoms with Gasteiger partial charge in [-0.05, 0) is 49.9 Å². The van der Waals surface area contributed by atoms with Gasteiger partial charge in [-0.1, -0.05) is 15.9 Å². The lowest BCUT2D eigenvalue weighted by molar-refractivity contribution is 0.304. The SMILES string of the molecule is Cc1cc(Br)ccc1OCCCCCCl. The summed E-state index contributed by atoms with van der Waals surface area (Å²) in [7, 11) is 0. The Morgan fingerprint density at radius 3 is 2.73 bits per heavy atom. The van der Waals surface area contributed by atoms with Crippen molar-refractivity contribution in [1.29, 1.82) is 0 Å². The molecule has 0 fully saturated rings. The molecule has 0 aliphatic rings. The summed E-state index contributed by atoms with van der Waals surface area (Å²) in [6.45, 7) is 2.83. The van der Waals surface area contributed by atoms with E-state index in [2.05, 4.69) is 28.9 Å².